The predicted molar refractivity (Wildman–Crippen MR) is 92.8 cm³/mol. The second kappa shape index (κ2) is 9.62. The molecule has 9 nitrogen and oxygen atoms in total. The van der Waals surface area contributed by atoms with Gasteiger partial charge < -0.3 is 19.9 Å². The number of hydrazone groups is 1. The lowest BCUT2D eigenvalue weighted by molar-refractivity contribution is -0.139. The first-order chi connectivity index (χ1) is 11.7. The summed E-state index contributed by atoms with van der Waals surface area (Å²) in [5.74, 6) is -2.30. The number of rotatable bonds is 7. The van der Waals surface area contributed by atoms with E-state index in [2.05, 4.69) is 31.8 Å². The summed E-state index contributed by atoms with van der Waals surface area (Å²) < 4.78 is 10.7. The van der Waals surface area contributed by atoms with Crippen molar-refractivity contribution < 1.29 is 29.0 Å². The van der Waals surface area contributed by atoms with Crippen molar-refractivity contribution in [2.24, 2.45) is 5.10 Å². The minimum atomic E-state index is -1.12. The van der Waals surface area contributed by atoms with Gasteiger partial charge in [-0.1, -0.05) is 0 Å². The zero-order valence-corrected chi connectivity index (χ0v) is 15.4. The average Bonchev–Trinajstić information content (AvgIpc) is 2.52. The van der Waals surface area contributed by atoms with Crippen LogP contribution in [0, 0.1) is 0 Å². The van der Waals surface area contributed by atoms with E-state index in [-0.39, 0.29) is 17.5 Å². The molecular weight excluding hydrogens is 398 g/mol. The molecule has 0 saturated carbocycles. The van der Waals surface area contributed by atoms with E-state index in [1.807, 2.05) is 0 Å². The molecule has 1 aromatic rings. The number of benzene rings is 1. The number of ether oxygens (including phenoxy) is 2. The number of aliphatic carboxylic acids is 1. The molecule has 136 valence electrons. The highest BCUT2D eigenvalue weighted by Gasteiger charge is 2.14. The molecule has 25 heavy (non-hydrogen) atoms. The van der Waals surface area contributed by atoms with Crippen LogP contribution in [0.15, 0.2) is 21.7 Å². The smallest absolute Gasteiger partial charge is 0.341 e. The molecule has 0 atom stereocenters. The number of carboxylic acid groups (broad SMARTS) is 1. The third-order valence-corrected chi connectivity index (χ3v) is 3.19. The molecule has 2 amide bonds. The topological polar surface area (TPSA) is 126 Å². The maximum atomic E-state index is 11.5. The van der Waals surface area contributed by atoms with Crippen LogP contribution in [0.5, 0.6) is 11.5 Å². The Morgan fingerprint density at radius 3 is 2.56 bits per heavy atom. The van der Waals surface area contributed by atoms with Gasteiger partial charge in [-0.25, -0.2) is 10.2 Å². The van der Waals surface area contributed by atoms with E-state index in [1.165, 1.54) is 19.4 Å². The van der Waals surface area contributed by atoms with E-state index in [0.29, 0.717) is 10.0 Å². The normalized spacial score (nSPS) is 10.6. The Bertz CT molecular complexity index is 690. The van der Waals surface area contributed by atoms with Gasteiger partial charge >= 0.3 is 17.8 Å². The number of carbonyl (C=O) groups excluding carboxylic acids is 2. The number of carbonyl (C=O) groups is 3. The van der Waals surface area contributed by atoms with Crippen LogP contribution in [-0.4, -0.2) is 48.9 Å². The van der Waals surface area contributed by atoms with E-state index < -0.39 is 24.4 Å². The fourth-order valence-corrected chi connectivity index (χ4v) is 2.21. The van der Waals surface area contributed by atoms with Crippen LogP contribution in [0.1, 0.15) is 19.4 Å². The molecule has 0 bridgehead atoms. The van der Waals surface area contributed by atoms with Crippen molar-refractivity contribution in [1.29, 1.82) is 0 Å². The summed E-state index contributed by atoms with van der Waals surface area (Å²) in [7, 11) is 1.40. The number of carboxylic acids is 1. The van der Waals surface area contributed by atoms with Crippen LogP contribution < -0.4 is 20.2 Å². The first-order valence-electron chi connectivity index (χ1n) is 7.10. The highest BCUT2D eigenvalue weighted by atomic mass is 79.9. The molecule has 1 rings (SSSR count). The second-order valence-electron chi connectivity index (χ2n) is 5.04. The molecular formula is C15H18BrN3O6. The van der Waals surface area contributed by atoms with Gasteiger partial charge in [-0.3, -0.25) is 9.59 Å². The number of halogens is 1. The molecule has 0 fully saturated rings. The van der Waals surface area contributed by atoms with Crippen molar-refractivity contribution in [1.82, 2.24) is 10.7 Å². The lowest BCUT2D eigenvalue weighted by atomic mass is 10.2. The predicted octanol–water partition coefficient (Wildman–Crippen LogP) is 0.896. The summed E-state index contributed by atoms with van der Waals surface area (Å²) in [6.07, 6.45) is 1.30. The summed E-state index contributed by atoms with van der Waals surface area (Å²) in [5.41, 5.74) is 2.63. The summed E-state index contributed by atoms with van der Waals surface area (Å²) in [6, 6.07) is 2.95. The Kier molecular flexibility index (Phi) is 7.86. The number of hydrogen-bond donors (Lipinski definition) is 3. The van der Waals surface area contributed by atoms with Crippen LogP contribution in [0.25, 0.3) is 0 Å². The van der Waals surface area contributed by atoms with Gasteiger partial charge in [0.1, 0.15) is 0 Å². The molecule has 0 radical (unpaired) electrons. The van der Waals surface area contributed by atoms with E-state index >= 15 is 0 Å². The third kappa shape index (κ3) is 6.79. The van der Waals surface area contributed by atoms with Crippen LogP contribution >= 0.6 is 15.9 Å². The molecule has 10 heteroatoms. The first-order valence-corrected chi connectivity index (χ1v) is 7.90. The number of nitrogens with zero attached hydrogens (tertiary/aromatic N) is 1. The average molecular weight is 416 g/mol. The van der Waals surface area contributed by atoms with Crippen molar-refractivity contribution in [3.05, 3.63) is 22.2 Å². The summed E-state index contributed by atoms with van der Waals surface area (Å²) in [5, 5.41) is 14.8. The van der Waals surface area contributed by atoms with Crippen LogP contribution in [0.4, 0.5) is 0 Å². The molecule has 0 aliphatic carbocycles. The zero-order valence-electron chi connectivity index (χ0n) is 13.8. The van der Waals surface area contributed by atoms with E-state index in [4.69, 9.17) is 14.6 Å². The Hall–Kier alpha value is -2.62. The summed E-state index contributed by atoms with van der Waals surface area (Å²) in [6.45, 7) is 2.93. The van der Waals surface area contributed by atoms with E-state index in [0.717, 1.165) is 0 Å². The first kappa shape index (κ1) is 20.4. The highest BCUT2D eigenvalue weighted by Crippen LogP contribution is 2.36. The molecule has 0 unspecified atom stereocenters. The van der Waals surface area contributed by atoms with Crippen LogP contribution in [0.3, 0.4) is 0 Å². The van der Waals surface area contributed by atoms with Crippen LogP contribution in [-0.2, 0) is 14.4 Å². The van der Waals surface area contributed by atoms with Crippen molar-refractivity contribution in [3.8, 4) is 11.5 Å². The lowest BCUT2D eigenvalue weighted by Gasteiger charge is -2.12. The van der Waals surface area contributed by atoms with Crippen molar-refractivity contribution >= 4 is 39.9 Å². The van der Waals surface area contributed by atoms with Crippen molar-refractivity contribution in [3.63, 3.8) is 0 Å². The third-order valence-electron chi connectivity index (χ3n) is 2.60. The van der Waals surface area contributed by atoms with Gasteiger partial charge in [0.05, 0.1) is 17.8 Å². The zero-order chi connectivity index (χ0) is 19.0. The van der Waals surface area contributed by atoms with Gasteiger partial charge in [0, 0.05) is 6.04 Å². The molecule has 0 aliphatic rings. The fraction of sp³-hybridized carbons (Fsp3) is 0.333. The molecule has 0 heterocycles. The van der Waals surface area contributed by atoms with Gasteiger partial charge in [-0.2, -0.15) is 5.10 Å². The Morgan fingerprint density at radius 2 is 2.00 bits per heavy atom. The number of amides is 2. The number of methoxy groups -OCH3 is 1. The Balaban J connectivity index is 2.82. The van der Waals surface area contributed by atoms with Gasteiger partial charge in [0.15, 0.2) is 18.1 Å². The van der Waals surface area contributed by atoms with Crippen molar-refractivity contribution in [2.45, 2.75) is 19.9 Å². The van der Waals surface area contributed by atoms with Gasteiger partial charge in [0.25, 0.3) is 0 Å². The number of hydrogen-bond acceptors (Lipinski definition) is 6. The van der Waals surface area contributed by atoms with E-state index in [9.17, 15) is 14.4 Å². The van der Waals surface area contributed by atoms with Crippen LogP contribution in [0.2, 0.25) is 0 Å². The molecule has 0 aliphatic heterocycles. The molecule has 1 aromatic carbocycles. The van der Waals surface area contributed by atoms with Gasteiger partial charge in [-0.05, 0) is 47.5 Å². The summed E-state index contributed by atoms with van der Waals surface area (Å²) in [4.78, 5) is 33.6. The monoisotopic (exact) mass is 415 g/mol. The fourth-order valence-electron chi connectivity index (χ4n) is 1.63. The molecule has 0 spiro atoms. The number of nitrogens with one attached hydrogen (secondary N) is 2. The molecule has 0 aromatic heterocycles. The minimum absolute atomic E-state index is 0.166. The van der Waals surface area contributed by atoms with Gasteiger partial charge in [-0.15, -0.1) is 0 Å². The largest absolute Gasteiger partial charge is 0.493 e. The lowest BCUT2D eigenvalue weighted by Crippen LogP contribution is -2.41. The van der Waals surface area contributed by atoms with E-state index in [1.54, 1.807) is 19.9 Å². The Morgan fingerprint density at radius 1 is 1.32 bits per heavy atom. The Labute approximate surface area is 152 Å². The molecule has 0 saturated heterocycles. The minimum Gasteiger partial charge on any atom is -0.493 e. The second-order valence-corrected chi connectivity index (χ2v) is 5.90. The maximum absolute atomic E-state index is 11.5. The highest BCUT2D eigenvalue weighted by molar-refractivity contribution is 9.10. The maximum Gasteiger partial charge on any atom is 0.341 e. The van der Waals surface area contributed by atoms with Gasteiger partial charge in [0.2, 0.25) is 0 Å². The quantitative estimate of drug-likeness (QED) is 0.345. The standard InChI is InChI=1S/C15H18BrN3O6/c1-8(2)18-14(22)15(23)19-17-6-9-4-10(16)13(11(5-9)24-3)25-7-12(20)21/h4-6,8H,7H2,1-3H3,(H,18,22)(H,19,23)(H,20,21)/b17-6-. The molecule has 3 N–H and O–H groups in total. The van der Waals surface area contributed by atoms with Crippen molar-refractivity contribution in [2.75, 3.05) is 13.7 Å². The summed E-state index contributed by atoms with van der Waals surface area (Å²) >= 11 is 3.25. The SMILES string of the molecule is COc1cc(/C=N\NC(=O)C(=O)NC(C)C)cc(Br)c1OCC(=O)O.